The Balaban J connectivity index is 1.85. The van der Waals surface area contributed by atoms with Crippen LogP contribution in [-0.2, 0) is 11.4 Å². The number of aryl methyl sites for hydroxylation is 1. The maximum Gasteiger partial charge on any atom is 0.389 e. The number of halogens is 5. The number of imidazole rings is 1. The lowest BCUT2D eigenvalue weighted by atomic mass is 10.1. The number of carboxylic acid groups (broad SMARTS) is 1. The van der Waals surface area contributed by atoms with Gasteiger partial charge in [0.05, 0.1) is 11.3 Å². The molecule has 33 heavy (non-hydrogen) atoms. The molecule has 0 saturated heterocycles. The first kappa shape index (κ1) is 24.0. The molecule has 0 radical (unpaired) electrons. The van der Waals surface area contributed by atoms with E-state index in [1.165, 1.54) is 35.7 Å². The maximum absolute atomic E-state index is 13.9. The average molecular weight is 471 g/mol. The normalized spacial score (nSPS) is 12.5. The lowest BCUT2D eigenvalue weighted by Gasteiger charge is -2.16. The number of benzene rings is 1. The van der Waals surface area contributed by atoms with Gasteiger partial charge < -0.3 is 15.2 Å². The number of aliphatic carboxylic acids is 1. The molecule has 1 amide bonds. The third-order valence-electron chi connectivity index (χ3n) is 4.76. The van der Waals surface area contributed by atoms with Crippen LogP contribution in [-0.4, -0.2) is 38.6 Å². The number of carbonyl (C=O) groups is 2. The van der Waals surface area contributed by atoms with E-state index >= 15 is 0 Å². The Morgan fingerprint density at radius 3 is 2.45 bits per heavy atom. The molecule has 0 aliphatic carbocycles. The Morgan fingerprint density at radius 2 is 1.85 bits per heavy atom. The molecule has 1 unspecified atom stereocenters. The molecule has 3 aromatic rings. The predicted molar refractivity (Wildman–Crippen MR) is 105 cm³/mol. The summed E-state index contributed by atoms with van der Waals surface area (Å²) in [6, 6.07) is 4.48. The number of nitrogens with zero attached hydrogens (tertiary/aromatic N) is 2. The number of alkyl halides is 3. The third kappa shape index (κ3) is 5.57. The van der Waals surface area contributed by atoms with Crippen LogP contribution < -0.4 is 10.1 Å². The summed E-state index contributed by atoms with van der Waals surface area (Å²) in [6.45, 7) is 0.970. The van der Waals surface area contributed by atoms with Gasteiger partial charge in [0.25, 0.3) is 5.91 Å². The van der Waals surface area contributed by atoms with Crippen LogP contribution in [0.5, 0.6) is 5.75 Å². The van der Waals surface area contributed by atoms with Crippen molar-refractivity contribution in [3.63, 3.8) is 0 Å². The minimum Gasteiger partial charge on any atom is -0.485 e. The zero-order valence-electron chi connectivity index (χ0n) is 17.1. The van der Waals surface area contributed by atoms with Gasteiger partial charge in [-0.25, -0.2) is 18.6 Å². The van der Waals surface area contributed by atoms with Gasteiger partial charge in [-0.05, 0) is 37.6 Å². The Hall–Kier alpha value is -3.70. The number of carbonyl (C=O) groups excluding carboxylic acids is 1. The number of hydrogen-bond acceptors (Lipinski definition) is 4. The van der Waals surface area contributed by atoms with Gasteiger partial charge in [0, 0.05) is 12.6 Å². The molecule has 1 aromatic carbocycles. The highest BCUT2D eigenvalue weighted by atomic mass is 19.4. The molecule has 0 aliphatic rings. The smallest absolute Gasteiger partial charge is 0.389 e. The number of pyridine rings is 1. The molecule has 3 rings (SSSR count). The van der Waals surface area contributed by atoms with E-state index in [0.717, 1.165) is 12.1 Å². The minimum absolute atomic E-state index is 0.0779. The first-order chi connectivity index (χ1) is 15.5. The van der Waals surface area contributed by atoms with E-state index in [4.69, 9.17) is 4.74 Å². The van der Waals surface area contributed by atoms with Crippen LogP contribution in [0.2, 0.25) is 0 Å². The summed E-state index contributed by atoms with van der Waals surface area (Å²) in [4.78, 5) is 28.2. The minimum atomic E-state index is -4.58. The number of fused-ring (bicyclic) bond motifs is 1. The lowest BCUT2D eigenvalue weighted by Crippen LogP contribution is -2.42. The van der Waals surface area contributed by atoms with E-state index in [0.29, 0.717) is 0 Å². The first-order valence-electron chi connectivity index (χ1n) is 9.61. The van der Waals surface area contributed by atoms with Gasteiger partial charge in [-0.15, -0.1) is 0 Å². The van der Waals surface area contributed by atoms with Gasteiger partial charge in [0.2, 0.25) is 0 Å². The molecule has 12 heteroatoms. The van der Waals surface area contributed by atoms with Crippen LogP contribution in [0.15, 0.2) is 36.5 Å². The number of ether oxygens (including phenoxy) is 1. The van der Waals surface area contributed by atoms with Crippen molar-refractivity contribution in [2.75, 3.05) is 0 Å². The number of nitrogens with one attached hydrogen (secondary N) is 1. The van der Waals surface area contributed by atoms with Crippen molar-refractivity contribution >= 4 is 17.5 Å². The summed E-state index contributed by atoms with van der Waals surface area (Å²) in [5.74, 6) is -4.10. The molecule has 0 spiro atoms. The molecule has 0 saturated carbocycles. The molecule has 2 N–H and O–H groups in total. The monoisotopic (exact) mass is 471 g/mol. The Labute approximate surface area is 183 Å². The standard InChI is InChI=1S/C21H18F5N3O4/c1-11-17(19(30)28-15(20(31)32)7-8-21(24,25)26)29-9-3-6-16(18(29)27-11)33-10-12-13(22)4-2-5-14(12)23/h2-6,9,15H,7-8,10H2,1H3,(H,28,30)(H,31,32). The van der Waals surface area contributed by atoms with Gasteiger partial charge in [0.15, 0.2) is 11.4 Å². The average Bonchev–Trinajstić information content (AvgIpc) is 3.06. The van der Waals surface area contributed by atoms with Crippen molar-refractivity contribution in [3.8, 4) is 5.75 Å². The largest absolute Gasteiger partial charge is 0.485 e. The Bertz CT molecular complexity index is 1170. The van der Waals surface area contributed by atoms with Gasteiger partial charge in [-0.2, -0.15) is 13.2 Å². The van der Waals surface area contributed by atoms with Crippen LogP contribution in [0.4, 0.5) is 22.0 Å². The SMILES string of the molecule is Cc1nc2c(OCc3c(F)cccc3F)cccn2c1C(=O)NC(CCC(F)(F)F)C(=O)O. The van der Waals surface area contributed by atoms with E-state index in [1.807, 2.05) is 0 Å². The number of carboxylic acids is 1. The molecular weight excluding hydrogens is 453 g/mol. The molecule has 0 bridgehead atoms. The quantitative estimate of drug-likeness (QED) is 0.484. The zero-order chi connectivity index (χ0) is 24.3. The van der Waals surface area contributed by atoms with Crippen LogP contribution in [0.1, 0.15) is 34.6 Å². The molecule has 0 fully saturated rings. The van der Waals surface area contributed by atoms with Gasteiger partial charge in [-0.1, -0.05) is 6.07 Å². The van der Waals surface area contributed by atoms with Crippen molar-refractivity contribution in [3.05, 3.63) is 65.1 Å². The first-order valence-corrected chi connectivity index (χ1v) is 9.61. The fourth-order valence-electron chi connectivity index (χ4n) is 3.15. The van der Waals surface area contributed by atoms with E-state index in [1.54, 1.807) is 0 Å². The van der Waals surface area contributed by atoms with Crippen molar-refractivity contribution in [1.29, 1.82) is 0 Å². The van der Waals surface area contributed by atoms with E-state index in [2.05, 4.69) is 10.3 Å². The molecule has 2 aromatic heterocycles. The van der Waals surface area contributed by atoms with Crippen molar-refractivity contribution < 1.29 is 41.4 Å². The fraction of sp³-hybridized carbons (Fsp3) is 0.286. The number of amides is 1. The molecular formula is C21H18F5N3O4. The van der Waals surface area contributed by atoms with Gasteiger partial charge in [-0.3, -0.25) is 9.20 Å². The second-order valence-electron chi connectivity index (χ2n) is 7.12. The van der Waals surface area contributed by atoms with Gasteiger partial charge >= 0.3 is 12.1 Å². The zero-order valence-corrected chi connectivity index (χ0v) is 17.1. The summed E-state index contributed by atoms with van der Waals surface area (Å²) in [5, 5.41) is 11.3. The molecule has 0 aliphatic heterocycles. The summed E-state index contributed by atoms with van der Waals surface area (Å²) in [7, 11) is 0. The van der Waals surface area contributed by atoms with Crippen molar-refractivity contribution in [1.82, 2.24) is 14.7 Å². The summed E-state index contributed by atoms with van der Waals surface area (Å²) in [5.41, 5.74) is -0.194. The van der Waals surface area contributed by atoms with Crippen LogP contribution in [0.3, 0.4) is 0 Å². The van der Waals surface area contributed by atoms with Crippen LogP contribution >= 0.6 is 0 Å². The fourth-order valence-corrected chi connectivity index (χ4v) is 3.15. The third-order valence-corrected chi connectivity index (χ3v) is 4.76. The highest BCUT2D eigenvalue weighted by Crippen LogP contribution is 2.25. The summed E-state index contributed by atoms with van der Waals surface area (Å²) in [6.07, 6.45) is -5.40. The second-order valence-corrected chi connectivity index (χ2v) is 7.12. The number of hydrogen-bond donors (Lipinski definition) is 2. The van der Waals surface area contributed by atoms with E-state index < -0.39 is 55.2 Å². The number of aromatic nitrogens is 2. The van der Waals surface area contributed by atoms with Gasteiger partial charge in [0.1, 0.15) is 30.0 Å². The predicted octanol–water partition coefficient (Wildman–Crippen LogP) is 4.03. The summed E-state index contributed by atoms with van der Waals surface area (Å²) >= 11 is 0. The lowest BCUT2D eigenvalue weighted by molar-refractivity contribution is -0.145. The Kier molecular flexibility index (Phi) is 6.84. The maximum atomic E-state index is 13.9. The highest BCUT2D eigenvalue weighted by Gasteiger charge is 2.32. The van der Waals surface area contributed by atoms with Crippen LogP contribution in [0.25, 0.3) is 5.65 Å². The van der Waals surface area contributed by atoms with Crippen LogP contribution in [0, 0.1) is 18.6 Å². The molecule has 7 nitrogen and oxygen atoms in total. The van der Waals surface area contributed by atoms with Crippen molar-refractivity contribution in [2.45, 2.75) is 38.6 Å². The molecule has 176 valence electrons. The number of rotatable bonds is 8. The van der Waals surface area contributed by atoms with Crippen molar-refractivity contribution in [2.24, 2.45) is 0 Å². The van der Waals surface area contributed by atoms with E-state index in [-0.39, 0.29) is 28.3 Å². The topological polar surface area (TPSA) is 92.9 Å². The highest BCUT2D eigenvalue weighted by molar-refractivity contribution is 5.97. The second kappa shape index (κ2) is 9.43. The molecule has 2 heterocycles. The van der Waals surface area contributed by atoms with E-state index in [9.17, 15) is 36.6 Å². The Morgan fingerprint density at radius 1 is 1.18 bits per heavy atom. The molecule has 1 atom stereocenters. The summed E-state index contributed by atoms with van der Waals surface area (Å²) < 4.78 is 71.9.